The zero-order chi connectivity index (χ0) is 14.0. The molecule has 3 nitrogen and oxygen atoms in total. The van der Waals surface area contributed by atoms with E-state index in [1.807, 2.05) is 6.07 Å². The van der Waals surface area contributed by atoms with Gasteiger partial charge in [0.25, 0.3) is 5.91 Å². The molecule has 0 spiro atoms. The summed E-state index contributed by atoms with van der Waals surface area (Å²) in [4.78, 5) is 12.2. The highest BCUT2D eigenvalue weighted by atomic mass is 79.9. The second kappa shape index (κ2) is 6.07. The molecule has 0 saturated heterocycles. The Hall–Kier alpha value is -0.850. The largest absolute Gasteiger partial charge is 0.399 e. The summed E-state index contributed by atoms with van der Waals surface area (Å²) < 4.78 is 2.42. The summed E-state index contributed by atoms with van der Waals surface area (Å²) in [6, 6.07) is 10.6. The van der Waals surface area contributed by atoms with Crippen molar-refractivity contribution in [2.75, 3.05) is 11.1 Å². The molecule has 0 aliphatic heterocycles. The van der Waals surface area contributed by atoms with Crippen LogP contribution in [0, 0.1) is 0 Å². The Morgan fingerprint density at radius 2 is 1.63 bits per heavy atom. The van der Waals surface area contributed by atoms with Crippen molar-refractivity contribution in [3.63, 3.8) is 0 Å². The predicted octanol–water partition coefficient (Wildman–Crippen LogP) is 4.81. The second-order valence-corrected chi connectivity index (χ2v) is 6.54. The third kappa shape index (κ3) is 3.81. The van der Waals surface area contributed by atoms with Crippen LogP contribution in [0.15, 0.2) is 49.8 Å². The third-order valence-electron chi connectivity index (χ3n) is 2.37. The quantitative estimate of drug-likeness (QED) is 0.648. The lowest BCUT2D eigenvalue weighted by molar-refractivity contribution is 0.102. The summed E-state index contributed by atoms with van der Waals surface area (Å²) in [5.74, 6) is -0.188. The monoisotopic (exact) mass is 446 g/mol. The van der Waals surface area contributed by atoms with Crippen LogP contribution >= 0.6 is 47.8 Å². The Balaban J connectivity index is 2.25. The van der Waals surface area contributed by atoms with Crippen molar-refractivity contribution in [2.45, 2.75) is 0 Å². The first kappa shape index (κ1) is 14.6. The number of nitrogen functional groups attached to an aromatic ring is 1. The van der Waals surface area contributed by atoms with Gasteiger partial charge < -0.3 is 11.1 Å². The van der Waals surface area contributed by atoms with Gasteiger partial charge in [-0.2, -0.15) is 0 Å². The fourth-order valence-corrected chi connectivity index (χ4v) is 3.30. The molecule has 0 heterocycles. The van der Waals surface area contributed by atoms with Gasteiger partial charge in [-0.1, -0.05) is 31.9 Å². The number of hydrogen-bond acceptors (Lipinski definition) is 2. The van der Waals surface area contributed by atoms with Gasteiger partial charge in [0.05, 0.1) is 5.69 Å². The standard InChI is InChI=1S/C13H9Br3N2O/c14-8-3-7(4-9(15)5-8)13(19)18-12-2-1-10(17)6-11(12)16/h1-6H,17H2,(H,18,19). The first-order chi connectivity index (χ1) is 8.95. The number of rotatable bonds is 2. The number of hydrogen-bond donors (Lipinski definition) is 2. The maximum absolute atomic E-state index is 12.2. The molecule has 0 bridgehead atoms. The number of halogens is 3. The van der Waals surface area contributed by atoms with Crippen LogP contribution in [-0.2, 0) is 0 Å². The van der Waals surface area contributed by atoms with Gasteiger partial charge in [-0.25, -0.2) is 0 Å². The first-order valence-electron chi connectivity index (χ1n) is 5.28. The van der Waals surface area contributed by atoms with E-state index in [0.29, 0.717) is 16.9 Å². The number of anilines is 2. The van der Waals surface area contributed by atoms with Gasteiger partial charge >= 0.3 is 0 Å². The summed E-state index contributed by atoms with van der Waals surface area (Å²) in [5, 5.41) is 2.83. The maximum atomic E-state index is 12.2. The Morgan fingerprint density at radius 1 is 1.00 bits per heavy atom. The Bertz CT molecular complexity index is 624. The van der Waals surface area contributed by atoms with Crippen molar-refractivity contribution in [3.05, 3.63) is 55.4 Å². The lowest BCUT2D eigenvalue weighted by Gasteiger charge is -2.08. The summed E-state index contributed by atoms with van der Waals surface area (Å²) >= 11 is 10.1. The highest BCUT2D eigenvalue weighted by molar-refractivity contribution is 9.11. The van der Waals surface area contributed by atoms with Crippen LogP contribution in [0.25, 0.3) is 0 Å². The van der Waals surface area contributed by atoms with Crippen LogP contribution < -0.4 is 11.1 Å². The average molecular weight is 449 g/mol. The molecule has 19 heavy (non-hydrogen) atoms. The van der Waals surface area contributed by atoms with E-state index in [2.05, 4.69) is 53.1 Å². The zero-order valence-corrected chi connectivity index (χ0v) is 14.3. The van der Waals surface area contributed by atoms with Gasteiger partial charge in [0, 0.05) is 24.7 Å². The van der Waals surface area contributed by atoms with E-state index in [1.54, 1.807) is 30.3 Å². The SMILES string of the molecule is Nc1ccc(NC(=O)c2cc(Br)cc(Br)c2)c(Br)c1. The van der Waals surface area contributed by atoms with Crippen LogP contribution in [-0.4, -0.2) is 5.91 Å². The van der Waals surface area contributed by atoms with E-state index in [0.717, 1.165) is 13.4 Å². The maximum Gasteiger partial charge on any atom is 0.255 e. The van der Waals surface area contributed by atoms with E-state index in [-0.39, 0.29) is 5.91 Å². The minimum absolute atomic E-state index is 0.188. The summed E-state index contributed by atoms with van der Waals surface area (Å²) in [6.45, 7) is 0. The molecule has 2 aromatic carbocycles. The van der Waals surface area contributed by atoms with Crippen LogP contribution in [0.5, 0.6) is 0 Å². The molecular weight excluding hydrogens is 440 g/mol. The lowest BCUT2D eigenvalue weighted by Crippen LogP contribution is -2.12. The molecule has 0 saturated carbocycles. The number of amides is 1. The van der Waals surface area contributed by atoms with Crippen LogP contribution in [0.3, 0.4) is 0 Å². The molecule has 0 aromatic heterocycles. The van der Waals surface area contributed by atoms with Crippen LogP contribution in [0.4, 0.5) is 11.4 Å². The summed E-state index contributed by atoms with van der Waals surface area (Å²) in [6.07, 6.45) is 0. The number of nitrogens with two attached hydrogens (primary N) is 1. The van der Waals surface area contributed by atoms with Gasteiger partial charge in [0.1, 0.15) is 0 Å². The van der Waals surface area contributed by atoms with Crippen molar-refractivity contribution >= 4 is 65.1 Å². The molecular formula is C13H9Br3N2O. The molecule has 6 heteroatoms. The molecule has 2 aromatic rings. The number of carbonyl (C=O) groups is 1. The summed E-state index contributed by atoms with van der Waals surface area (Å²) in [7, 11) is 0. The molecule has 3 N–H and O–H groups in total. The summed E-state index contributed by atoms with van der Waals surface area (Å²) in [5.41, 5.74) is 7.52. The molecule has 0 aliphatic carbocycles. The molecule has 0 unspecified atom stereocenters. The minimum atomic E-state index is -0.188. The van der Waals surface area contributed by atoms with E-state index in [9.17, 15) is 4.79 Å². The van der Waals surface area contributed by atoms with Crippen molar-refractivity contribution in [1.29, 1.82) is 0 Å². The Labute approximate surface area is 136 Å². The lowest BCUT2D eigenvalue weighted by atomic mass is 10.2. The van der Waals surface area contributed by atoms with Gasteiger partial charge in [-0.15, -0.1) is 0 Å². The smallest absolute Gasteiger partial charge is 0.255 e. The van der Waals surface area contributed by atoms with E-state index < -0.39 is 0 Å². The molecule has 98 valence electrons. The molecule has 0 aliphatic rings. The van der Waals surface area contributed by atoms with E-state index >= 15 is 0 Å². The van der Waals surface area contributed by atoms with Crippen molar-refractivity contribution in [2.24, 2.45) is 0 Å². The first-order valence-corrected chi connectivity index (χ1v) is 7.66. The zero-order valence-electron chi connectivity index (χ0n) is 9.58. The van der Waals surface area contributed by atoms with Crippen molar-refractivity contribution in [1.82, 2.24) is 0 Å². The van der Waals surface area contributed by atoms with Crippen molar-refractivity contribution in [3.8, 4) is 0 Å². The fraction of sp³-hybridized carbons (Fsp3) is 0. The number of nitrogens with one attached hydrogen (secondary N) is 1. The third-order valence-corrected chi connectivity index (χ3v) is 3.94. The van der Waals surface area contributed by atoms with E-state index in [4.69, 9.17) is 5.73 Å². The molecule has 0 fully saturated rings. The van der Waals surface area contributed by atoms with E-state index in [1.165, 1.54) is 0 Å². The minimum Gasteiger partial charge on any atom is -0.399 e. The highest BCUT2D eigenvalue weighted by Crippen LogP contribution is 2.26. The predicted molar refractivity (Wildman–Crippen MR) is 88.3 cm³/mol. The molecule has 0 radical (unpaired) electrons. The van der Waals surface area contributed by atoms with Gasteiger partial charge in [0.2, 0.25) is 0 Å². The van der Waals surface area contributed by atoms with Gasteiger partial charge in [-0.05, 0) is 52.3 Å². The van der Waals surface area contributed by atoms with Crippen LogP contribution in [0.1, 0.15) is 10.4 Å². The number of benzene rings is 2. The average Bonchev–Trinajstić information content (AvgIpc) is 2.31. The Morgan fingerprint density at radius 3 is 2.21 bits per heavy atom. The fourth-order valence-electron chi connectivity index (χ4n) is 1.51. The second-order valence-electron chi connectivity index (χ2n) is 3.85. The van der Waals surface area contributed by atoms with Crippen LogP contribution in [0.2, 0.25) is 0 Å². The molecule has 2 rings (SSSR count). The Kier molecular flexibility index (Phi) is 4.65. The topological polar surface area (TPSA) is 55.1 Å². The molecule has 1 amide bonds. The normalized spacial score (nSPS) is 10.3. The van der Waals surface area contributed by atoms with Gasteiger partial charge in [0.15, 0.2) is 0 Å². The van der Waals surface area contributed by atoms with Crippen molar-refractivity contribution < 1.29 is 4.79 Å². The molecule has 0 atom stereocenters. The van der Waals surface area contributed by atoms with Gasteiger partial charge in [-0.3, -0.25) is 4.79 Å². The number of carbonyl (C=O) groups excluding carboxylic acids is 1. The highest BCUT2D eigenvalue weighted by Gasteiger charge is 2.10.